The summed E-state index contributed by atoms with van der Waals surface area (Å²) in [6.07, 6.45) is 2.39. The second kappa shape index (κ2) is 13.5. The van der Waals surface area contributed by atoms with E-state index in [0.717, 1.165) is 24.0 Å². The Morgan fingerprint density at radius 2 is 1.88 bits per heavy atom. The molecule has 0 saturated heterocycles. The summed E-state index contributed by atoms with van der Waals surface area (Å²) in [4.78, 5) is 27.7. The third kappa shape index (κ3) is 7.82. The molecule has 2 rings (SSSR count). The fraction of sp³-hybridized carbons (Fsp3) is 0.440. The number of carbonyl (C=O) groups is 2. The highest BCUT2D eigenvalue weighted by Crippen LogP contribution is 2.24. The van der Waals surface area contributed by atoms with Crippen LogP contribution >= 0.6 is 23.4 Å². The van der Waals surface area contributed by atoms with Crippen molar-refractivity contribution in [3.05, 3.63) is 70.0 Å². The maximum absolute atomic E-state index is 14.0. The van der Waals surface area contributed by atoms with Crippen molar-refractivity contribution in [3.8, 4) is 0 Å². The number of amides is 2. The predicted octanol–water partition coefficient (Wildman–Crippen LogP) is 5.74. The largest absolute Gasteiger partial charge is 0.354 e. The molecule has 0 bridgehead atoms. The van der Waals surface area contributed by atoms with Crippen molar-refractivity contribution in [2.45, 2.75) is 58.4 Å². The Morgan fingerprint density at radius 1 is 1.16 bits per heavy atom. The topological polar surface area (TPSA) is 49.4 Å². The smallest absolute Gasteiger partial charge is 0.242 e. The van der Waals surface area contributed by atoms with E-state index in [-0.39, 0.29) is 29.1 Å². The lowest BCUT2D eigenvalue weighted by Crippen LogP contribution is -2.49. The molecule has 0 aromatic heterocycles. The van der Waals surface area contributed by atoms with Gasteiger partial charge < -0.3 is 10.2 Å². The first-order valence-corrected chi connectivity index (χ1v) is 12.5. The van der Waals surface area contributed by atoms with E-state index in [4.69, 9.17) is 11.6 Å². The molecular weight excluding hydrogens is 447 g/mol. The van der Waals surface area contributed by atoms with Gasteiger partial charge in [-0.25, -0.2) is 4.39 Å². The van der Waals surface area contributed by atoms with Gasteiger partial charge in [-0.05, 0) is 37.5 Å². The first-order valence-electron chi connectivity index (χ1n) is 11.0. The van der Waals surface area contributed by atoms with Crippen molar-refractivity contribution in [2.75, 3.05) is 12.3 Å². The Labute approximate surface area is 199 Å². The fourth-order valence-corrected chi connectivity index (χ4v) is 4.56. The van der Waals surface area contributed by atoms with Gasteiger partial charge in [0, 0.05) is 29.4 Å². The summed E-state index contributed by atoms with van der Waals surface area (Å²) in [5.74, 6) is -0.246. The molecule has 7 heteroatoms. The predicted molar refractivity (Wildman–Crippen MR) is 131 cm³/mol. The van der Waals surface area contributed by atoms with Crippen LogP contribution in [0.1, 0.15) is 49.8 Å². The highest BCUT2D eigenvalue weighted by atomic mass is 35.5. The van der Waals surface area contributed by atoms with Crippen LogP contribution in [-0.2, 0) is 21.9 Å². The van der Waals surface area contributed by atoms with Gasteiger partial charge in [-0.1, -0.05) is 67.8 Å². The van der Waals surface area contributed by atoms with Crippen molar-refractivity contribution >= 4 is 35.2 Å². The summed E-state index contributed by atoms with van der Waals surface area (Å²) in [7, 11) is 0. The first kappa shape index (κ1) is 26.2. The van der Waals surface area contributed by atoms with Gasteiger partial charge in [0.25, 0.3) is 0 Å². The van der Waals surface area contributed by atoms with Crippen LogP contribution in [0.5, 0.6) is 0 Å². The molecule has 0 aliphatic rings. The average Bonchev–Trinajstić information content (AvgIpc) is 2.77. The minimum absolute atomic E-state index is 0.134. The van der Waals surface area contributed by atoms with E-state index < -0.39 is 6.04 Å². The third-order valence-corrected chi connectivity index (χ3v) is 6.52. The number of halogens is 2. The zero-order chi connectivity index (χ0) is 23.5. The molecule has 32 heavy (non-hydrogen) atoms. The lowest BCUT2D eigenvalue weighted by Gasteiger charge is -2.30. The lowest BCUT2D eigenvalue weighted by atomic mass is 10.1. The number of hydrogen-bond donors (Lipinski definition) is 1. The molecule has 0 heterocycles. The molecular formula is C25H32ClFN2O2S. The van der Waals surface area contributed by atoms with Gasteiger partial charge in [-0.3, -0.25) is 9.59 Å². The quantitative estimate of drug-likeness (QED) is 0.395. The Morgan fingerprint density at radius 3 is 2.50 bits per heavy atom. The molecule has 0 spiro atoms. The average molecular weight is 479 g/mol. The zero-order valence-electron chi connectivity index (χ0n) is 19.0. The van der Waals surface area contributed by atoms with Crippen molar-refractivity contribution in [2.24, 2.45) is 0 Å². The van der Waals surface area contributed by atoms with Crippen LogP contribution in [0.4, 0.5) is 4.39 Å². The summed E-state index contributed by atoms with van der Waals surface area (Å²) in [6, 6.07) is 11.9. The monoisotopic (exact) mass is 478 g/mol. The molecule has 174 valence electrons. The molecule has 4 nitrogen and oxygen atoms in total. The van der Waals surface area contributed by atoms with Gasteiger partial charge in [0.05, 0.1) is 5.75 Å². The molecule has 1 atom stereocenters. The Bertz CT molecular complexity index is 872. The molecule has 1 N–H and O–H groups in total. The second-order valence-electron chi connectivity index (χ2n) is 7.77. The second-order valence-corrected chi connectivity index (χ2v) is 9.16. The van der Waals surface area contributed by atoms with Crippen LogP contribution in [0, 0.1) is 12.7 Å². The number of benzene rings is 2. The molecule has 1 unspecified atom stereocenters. The van der Waals surface area contributed by atoms with Crippen LogP contribution in [0.15, 0.2) is 42.5 Å². The third-order valence-electron chi connectivity index (χ3n) is 5.22. The van der Waals surface area contributed by atoms with E-state index in [1.54, 1.807) is 17.0 Å². The minimum Gasteiger partial charge on any atom is -0.354 e. The van der Waals surface area contributed by atoms with E-state index in [2.05, 4.69) is 12.2 Å². The molecule has 0 fully saturated rings. The van der Waals surface area contributed by atoms with Crippen LogP contribution in [0.2, 0.25) is 5.02 Å². The van der Waals surface area contributed by atoms with Gasteiger partial charge in [0.15, 0.2) is 0 Å². The van der Waals surface area contributed by atoms with E-state index in [1.807, 2.05) is 38.1 Å². The lowest BCUT2D eigenvalue weighted by molar-refractivity contribution is -0.139. The molecule has 2 amide bonds. The van der Waals surface area contributed by atoms with E-state index in [9.17, 15) is 14.0 Å². The number of rotatable bonds is 12. The molecule has 2 aromatic carbocycles. The first-order chi connectivity index (χ1) is 15.4. The van der Waals surface area contributed by atoms with Crippen LogP contribution in [-0.4, -0.2) is 35.1 Å². The van der Waals surface area contributed by atoms with Gasteiger partial charge in [-0.15, -0.1) is 11.8 Å². The summed E-state index contributed by atoms with van der Waals surface area (Å²) in [5, 5.41) is 3.31. The fourth-order valence-electron chi connectivity index (χ4n) is 3.31. The minimum atomic E-state index is -0.557. The van der Waals surface area contributed by atoms with E-state index in [0.29, 0.717) is 30.1 Å². The number of aryl methyl sites for hydroxylation is 1. The maximum atomic E-state index is 14.0. The Kier molecular flexibility index (Phi) is 11.0. The number of hydrogen-bond acceptors (Lipinski definition) is 3. The number of nitrogens with one attached hydrogen (secondary N) is 1. The molecule has 2 aromatic rings. The van der Waals surface area contributed by atoms with E-state index >= 15 is 0 Å². The molecule has 0 aliphatic carbocycles. The number of unbranched alkanes of at least 4 members (excludes halogenated alkanes) is 1. The Hall–Kier alpha value is -2.05. The zero-order valence-corrected chi connectivity index (χ0v) is 20.6. The summed E-state index contributed by atoms with van der Waals surface area (Å²) < 4.78 is 14.0. The van der Waals surface area contributed by atoms with Crippen molar-refractivity contribution in [1.29, 1.82) is 0 Å². The summed E-state index contributed by atoms with van der Waals surface area (Å²) in [6.45, 7) is 6.92. The summed E-state index contributed by atoms with van der Waals surface area (Å²) in [5.41, 5.74) is 2.49. The van der Waals surface area contributed by atoms with Gasteiger partial charge in [-0.2, -0.15) is 0 Å². The van der Waals surface area contributed by atoms with Crippen LogP contribution in [0.3, 0.4) is 0 Å². The van der Waals surface area contributed by atoms with Gasteiger partial charge in [0.2, 0.25) is 11.8 Å². The Balaban J connectivity index is 2.13. The molecule has 0 radical (unpaired) electrons. The van der Waals surface area contributed by atoms with E-state index in [1.165, 1.54) is 17.8 Å². The van der Waals surface area contributed by atoms with Gasteiger partial charge in [0.1, 0.15) is 11.9 Å². The number of nitrogens with zero attached hydrogens (tertiary/aromatic N) is 1. The highest BCUT2D eigenvalue weighted by Gasteiger charge is 2.28. The van der Waals surface area contributed by atoms with Crippen LogP contribution < -0.4 is 5.32 Å². The van der Waals surface area contributed by atoms with Gasteiger partial charge >= 0.3 is 0 Å². The summed E-state index contributed by atoms with van der Waals surface area (Å²) >= 11 is 7.40. The van der Waals surface area contributed by atoms with Crippen LogP contribution in [0.25, 0.3) is 0 Å². The highest BCUT2D eigenvalue weighted by molar-refractivity contribution is 7.99. The molecule has 0 aliphatic heterocycles. The normalized spacial score (nSPS) is 11.8. The van der Waals surface area contributed by atoms with Crippen molar-refractivity contribution < 1.29 is 14.0 Å². The SMILES string of the molecule is CCCCNC(=O)C(CC)N(Cc1ccc(C)cc1)C(=O)CSCc1c(F)cccc1Cl. The number of thioether (sulfide) groups is 1. The number of carbonyl (C=O) groups excluding carboxylic acids is 2. The van der Waals surface area contributed by atoms with Crippen molar-refractivity contribution in [1.82, 2.24) is 10.2 Å². The standard InChI is InChI=1S/C25H32ClFN2O2S/c1-4-6-14-28-25(31)23(5-2)29(15-19-12-10-18(3)11-13-19)24(30)17-32-16-20-21(26)8-7-9-22(20)27/h7-13,23H,4-6,14-17H2,1-3H3,(H,28,31). The van der Waals surface area contributed by atoms with Crippen molar-refractivity contribution in [3.63, 3.8) is 0 Å². The maximum Gasteiger partial charge on any atom is 0.242 e. The molecule has 0 saturated carbocycles.